The minimum absolute atomic E-state index is 0.0143. The number of benzene rings is 3. The van der Waals surface area contributed by atoms with Crippen molar-refractivity contribution in [3.63, 3.8) is 0 Å². The molecule has 3 aromatic carbocycles. The first-order valence-electron chi connectivity index (χ1n) is 12.1. The maximum Gasteiger partial charge on any atom is 0.268 e. The van der Waals surface area contributed by atoms with E-state index in [9.17, 15) is 4.79 Å². The second-order valence-electron chi connectivity index (χ2n) is 8.67. The molecule has 2 heterocycles. The molecular formula is C30H28N2O2S2. The monoisotopic (exact) mass is 512 g/mol. The van der Waals surface area contributed by atoms with Crippen LogP contribution in [0.5, 0.6) is 5.75 Å². The first-order valence-corrected chi connectivity index (χ1v) is 13.9. The summed E-state index contributed by atoms with van der Waals surface area (Å²) in [6, 6.07) is 28.1. The highest BCUT2D eigenvalue weighted by molar-refractivity contribution is 7.99. The normalized spacial score (nSPS) is 11.2. The van der Waals surface area contributed by atoms with E-state index < -0.39 is 0 Å². The molecular weight excluding hydrogens is 484 g/mol. The molecule has 5 rings (SSSR count). The Morgan fingerprint density at radius 3 is 2.31 bits per heavy atom. The van der Waals surface area contributed by atoms with Crippen molar-refractivity contribution >= 4 is 33.3 Å². The third-order valence-electron chi connectivity index (χ3n) is 6.01. The number of aromatic nitrogens is 2. The zero-order valence-corrected chi connectivity index (χ0v) is 22.1. The van der Waals surface area contributed by atoms with Gasteiger partial charge in [-0.1, -0.05) is 78.0 Å². The topological polar surface area (TPSA) is 44.1 Å². The third kappa shape index (κ3) is 5.25. The molecule has 0 unspecified atom stereocenters. The van der Waals surface area contributed by atoms with Crippen LogP contribution in [0.1, 0.15) is 23.3 Å². The first-order chi connectivity index (χ1) is 17.6. The molecule has 182 valence electrons. The van der Waals surface area contributed by atoms with Crippen LogP contribution in [0.25, 0.3) is 27.0 Å². The van der Waals surface area contributed by atoms with Gasteiger partial charge in [-0.3, -0.25) is 9.36 Å². The number of para-hydroxylation sites is 1. The first kappa shape index (κ1) is 24.3. The average Bonchev–Trinajstić information content (AvgIpc) is 3.24. The van der Waals surface area contributed by atoms with E-state index in [1.54, 1.807) is 27.7 Å². The van der Waals surface area contributed by atoms with Crippen LogP contribution in [0.15, 0.2) is 94.9 Å². The van der Waals surface area contributed by atoms with Crippen molar-refractivity contribution in [2.45, 2.75) is 31.8 Å². The Morgan fingerprint density at radius 2 is 1.58 bits per heavy atom. The fourth-order valence-electron chi connectivity index (χ4n) is 4.19. The summed E-state index contributed by atoms with van der Waals surface area (Å²) in [4.78, 5) is 20.9. The molecule has 0 N–H and O–H groups in total. The molecule has 0 bridgehead atoms. The van der Waals surface area contributed by atoms with Gasteiger partial charge in [-0.05, 0) is 56.5 Å². The van der Waals surface area contributed by atoms with Gasteiger partial charge in [0.05, 0.1) is 17.7 Å². The van der Waals surface area contributed by atoms with E-state index in [2.05, 4.69) is 38.1 Å². The lowest BCUT2D eigenvalue weighted by atomic mass is 10.0. The van der Waals surface area contributed by atoms with Crippen molar-refractivity contribution in [3.05, 3.63) is 106 Å². The maximum absolute atomic E-state index is 14.0. The molecule has 0 aliphatic rings. The van der Waals surface area contributed by atoms with E-state index >= 15 is 0 Å². The average molecular weight is 513 g/mol. The molecule has 2 aromatic heterocycles. The van der Waals surface area contributed by atoms with E-state index in [4.69, 9.17) is 9.72 Å². The molecule has 0 radical (unpaired) electrons. The van der Waals surface area contributed by atoms with E-state index in [1.807, 2.05) is 60.7 Å². The van der Waals surface area contributed by atoms with Crippen molar-refractivity contribution < 1.29 is 4.74 Å². The minimum atomic E-state index is -0.0143. The summed E-state index contributed by atoms with van der Waals surface area (Å²) in [5.41, 5.74) is 4.09. The highest BCUT2D eigenvalue weighted by atomic mass is 32.2. The maximum atomic E-state index is 14.0. The molecule has 0 fully saturated rings. The smallest absolute Gasteiger partial charge is 0.268 e. The molecule has 6 heteroatoms. The molecule has 0 amide bonds. The summed E-state index contributed by atoms with van der Waals surface area (Å²) in [7, 11) is 0. The Morgan fingerprint density at radius 1 is 0.889 bits per heavy atom. The second kappa shape index (κ2) is 11.1. The van der Waals surface area contributed by atoms with Crippen LogP contribution in [-0.4, -0.2) is 21.9 Å². The lowest BCUT2D eigenvalue weighted by Crippen LogP contribution is -2.21. The number of ether oxygens (including phenoxy) is 1. The Labute approximate surface area is 219 Å². The quantitative estimate of drug-likeness (QED) is 0.115. The SMILES string of the molecule is Cc1ccc(OCCCCSc2nc3sc(C)c(-c4ccccc4)c3c(=O)n2-c2ccccc2)cc1. The van der Waals surface area contributed by atoms with E-state index in [-0.39, 0.29) is 5.56 Å². The summed E-state index contributed by atoms with van der Waals surface area (Å²) in [6.07, 6.45) is 1.91. The summed E-state index contributed by atoms with van der Waals surface area (Å²) in [5.74, 6) is 1.76. The standard InChI is InChI=1S/C30H28N2O2S2/c1-21-15-17-25(18-16-21)34-19-9-10-20-35-30-31-28-27(29(33)32(30)24-13-7-4-8-14-24)26(22(2)36-28)23-11-5-3-6-12-23/h3-8,11-18H,9-10,19-20H2,1-2H3. The van der Waals surface area contributed by atoms with Crippen molar-refractivity contribution in [1.29, 1.82) is 0 Å². The van der Waals surface area contributed by atoms with Crippen LogP contribution in [-0.2, 0) is 0 Å². The van der Waals surface area contributed by atoms with E-state index in [1.165, 1.54) is 5.56 Å². The third-order valence-corrected chi connectivity index (χ3v) is 8.03. The molecule has 36 heavy (non-hydrogen) atoms. The largest absolute Gasteiger partial charge is 0.494 e. The van der Waals surface area contributed by atoms with Gasteiger partial charge in [0, 0.05) is 16.2 Å². The number of thiophene rings is 1. The summed E-state index contributed by atoms with van der Waals surface area (Å²) >= 11 is 3.23. The molecule has 4 nitrogen and oxygen atoms in total. The molecule has 5 aromatic rings. The van der Waals surface area contributed by atoms with Crippen LogP contribution in [0.3, 0.4) is 0 Å². The second-order valence-corrected chi connectivity index (χ2v) is 10.9. The van der Waals surface area contributed by atoms with E-state index in [0.717, 1.165) is 56.0 Å². The Balaban J connectivity index is 1.40. The molecule has 0 saturated carbocycles. The van der Waals surface area contributed by atoms with Crippen LogP contribution in [0.2, 0.25) is 0 Å². The summed E-state index contributed by atoms with van der Waals surface area (Å²) in [5, 5.41) is 1.43. The van der Waals surface area contributed by atoms with Gasteiger partial charge in [-0.2, -0.15) is 0 Å². The molecule has 0 aliphatic carbocycles. The lowest BCUT2D eigenvalue weighted by Gasteiger charge is -2.13. The predicted octanol–water partition coefficient (Wildman–Crippen LogP) is 7.68. The van der Waals surface area contributed by atoms with Crippen molar-refractivity contribution in [2.75, 3.05) is 12.4 Å². The fraction of sp³-hybridized carbons (Fsp3) is 0.200. The lowest BCUT2D eigenvalue weighted by molar-refractivity contribution is 0.310. The molecule has 0 atom stereocenters. The van der Waals surface area contributed by atoms with Gasteiger partial charge < -0.3 is 4.74 Å². The Hall–Kier alpha value is -3.35. The van der Waals surface area contributed by atoms with Gasteiger partial charge >= 0.3 is 0 Å². The number of rotatable bonds is 9. The number of fused-ring (bicyclic) bond motifs is 1. The number of nitrogens with zero attached hydrogens (tertiary/aromatic N) is 2. The number of aryl methyl sites for hydroxylation is 2. The van der Waals surface area contributed by atoms with Crippen molar-refractivity contribution in [1.82, 2.24) is 9.55 Å². The van der Waals surface area contributed by atoms with Gasteiger partial charge in [0.25, 0.3) is 5.56 Å². The number of unbranched alkanes of at least 4 members (excludes halogenated alkanes) is 1. The van der Waals surface area contributed by atoms with Crippen LogP contribution in [0.4, 0.5) is 0 Å². The number of thioether (sulfide) groups is 1. The zero-order chi connectivity index (χ0) is 24.9. The van der Waals surface area contributed by atoms with Crippen LogP contribution >= 0.6 is 23.1 Å². The summed E-state index contributed by atoms with van der Waals surface area (Å²) in [6.45, 7) is 4.81. The minimum Gasteiger partial charge on any atom is -0.494 e. The molecule has 0 aliphatic heterocycles. The number of hydrogen-bond acceptors (Lipinski definition) is 5. The predicted molar refractivity (Wildman–Crippen MR) is 152 cm³/mol. The van der Waals surface area contributed by atoms with E-state index in [0.29, 0.717) is 12.0 Å². The highest BCUT2D eigenvalue weighted by Gasteiger charge is 2.20. The van der Waals surface area contributed by atoms with Gasteiger partial charge in [-0.15, -0.1) is 11.3 Å². The Bertz CT molecular complexity index is 1510. The summed E-state index contributed by atoms with van der Waals surface area (Å²) < 4.78 is 7.63. The van der Waals surface area contributed by atoms with Gasteiger partial charge in [0.15, 0.2) is 5.16 Å². The fourth-order valence-corrected chi connectivity index (χ4v) is 6.29. The number of hydrogen-bond donors (Lipinski definition) is 0. The van der Waals surface area contributed by atoms with Crippen LogP contribution < -0.4 is 10.3 Å². The van der Waals surface area contributed by atoms with Crippen molar-refractivity contribution in [3.8, 4) is 22.6 Å². The van der Waals surface area contributed by atoms with Crippen LogP contribution in [0, 0.1) is 13.8 Å². The van der Waals surface area contributed by atoms with Gasteiger partial charge in [0.1, 0.15) is 10.6 Å². The molecule has 0 spiro atoms. The Kier molecular flexibility index (Phi) is 7.54. The van der Waals surface area contributed by atoms with Gasteiger partial charge in [0.2, 0.25) is 0 Å². The van der Waals surface area contributed by atoms with Crippen molar-refractivity contribution in [2.24, 2.45) is 0 Å². The zero-order valence-electron chi connectivity index (χ0n) is 20.4. The molecule has 0 saturated heterocycles. The highest BCUT2D eigenvalue weighted by Crippen LogP contribution is 2.37. The van der Waals surface area contributed by atoms with Gasteiger partial charge in [-0.25, -0.2) is 4.98 Å².